The fourth-order valence-electron chi connectivity index (χ4n) is 2.02. The molecule has 0 aliphatic rings. The van der Waals surface area contributed by atoms with Gasteiger partial charge in [0, 0.05) is 29.4 Å². The Bertz CT molecular complexity index is 580. The van der Waals surface area contributed by atoms with Gasteiger partial charge in [0.1, 0.15) is 5.01 Å². The Morgan fingerprint density at radius 3 is 2.95 bits per heavy atom. The van der Waals surface area contributed by atoms with Crippen molar-refractivity contribution in [3.63, 3.8) is 0 Å². The second-order valence-corrected chi connectivity index (χ2v) is 6.09. The van der Waals surface area contributed by atoms with E-state index in [1.165, 1.54) is 0 Å². The summed E-state index contributed by atoms with van der Waals surface area (Å²) in [5.41, 5.74) is 1.93. The first-order valence-electron chi connectivity index (χ1n) is 7.34. The molecule has 5 heteroatoms. The molecule has 0 aromatic carbocycles. The number of aromatic nitrogens is 2. The summed E-state index contributed by atoms with van der Waals surface area (Å²) in [6, 6.07) is 3.88. The Kier molecular flexibility index (Phi) is 5.87. The molecule has 0 saturated heterocycles. The molecule has 2 rings (SSSR count). The van der Waals surface area contributed by atoms with Gasteiger partial charge in [-0.2, -0.15) is 0 Å². The smallest absolute Gasteiger partial charge is 0.225 e. The molecule has 2 aromatic heterocycles. The standard InChI is InChI=1S/C16H21N3OS/c1-3-4-5-9-18-15(20)10-14-12(2)19-16(21-14)13-7-6-8-17-11-13/h6-8,11H,3-5,9-10H2,1-2H3,(H,18,20). The number of hydrogen-bond donors (Lipinski definition) is 1. The number of rotatable bonds is 7. The molecule has 112 valence electrons. The molecule has 0 saturated carbocycles. The average Bonchev–Trinajstić information content (AvgIpc) is 2.86. The van der Waals surface area contributed by atoms with E-state index in [0.717, 1.165) is 46.9 Å². The highest BCUT2D eigenvalue weighted by Gasteiger charge is 2.12. The Labute approximate surface area is 129 Å². The zero-order valence-corrected chi connectivity index (χ0v) is 13.4. The summed E-state index contributed by atoms with van der Waals surface area (Å²) >= 11 is 1.57. The van der Waals surface area contributed by atoms with Crippen LogP contribution in [0.25, 0.3) is 10.6 Å². The van der Waals surface area contributed by atoms with Gasteiger partial charge < -0.3 is 5.32 Å². The van der Waals surface area contributed by atoms with Crippen LogP contribution in [0.4, 0.5) is 0 Å². The minimum absolute atomic E-state index is 0.0792. The van der Waals surface area contributed by atoms with Gasteiger partial charge in [0.05, 0.1) is 12.1 Å². The molecule has 0 aliphatic carbocycles. The van der Waals surface area contributed by atoms with Crippen molar-refractivity contribution in [1.82, 2.24) is 15.3 Å². The third-order valence-electron chi connectivity index (χ3n) is 3.22. The molecule has 0 bridgehead atoms. The maximum Gasteiger partial charge on any atom is 0.225 e. The lowest BCUT2D eigenvalue weighted by Crippen LogP contribution is -2.25. The highest BCUT2D eigenvalue weighted by atomic mass is 32.1. The number of hydrogen-bond acceptors (Lipinski definition) is 4. The second kappa shape index (κ2) is 7.88. The van der Waals surface area contributed by atoms with Gasteiger partial charge in [0.15, 0.2) is 0 Å². The molecule has 0 radical (unpaired) electrons. The predicted octanol–water partition coefficient (Wildman–Crippen LogP) is 3.36. The van der Waals surface area contributed by atoms with E-state index >= 15 is 0 Å². The number of amides is 1. The average molecular weight is 303 g/mol. The topological polar surface area (TPSA) is 54.9 Å². The van der Waals surface area contributed by atoms with Crippen molar-refractivity contribution in [3.8, 4) is 10.6 Å². The normalized spacial score (nSPS) is 10.6. The molecular formula is C16H21N3OS. The van der Waals surface area contributed by atoms with Crippen molar-refractivity contribution in [2.45, 2.75) is 39.5 Å². The molecule has 0 fully saturated rings. The van der Waals surface area contributed by atoms with E-state index in [1.807, 2.05) is 19.1 Å². The van der Waals surface area contributed by atoms with Gasteiger partial charge in [-0.1, -0.05) is 19.8 Å². The molecule has 0 atom stereocenters. The minimum Gasteiger partial charge on any atom is -0.356 e. The van der Waals surface area contributed by atoms with E-state index < -0.39 is 0 Å². The summed E-state index contributed by atoms with van der Waals surface area (Å²) in [4.78, 5) is 21.6. The third-order valence-corrected chi connectivity index (χ3v) is 4.43. The molecule has 1 amide bonds. The quantitative estimate of drug-likeness (QED) is 0.798. The van der Waals surface area contributed by atoms with E-state index in [2.05, 4.69) is 22.2 Å². The van der Waals surface area contributed by atoms with Crippen molar-refractivity contribution in [2.75, 3.05) is 6.54 Å². The first-order chi connectivity index (χ1) is 10.2. The van der Waals surface area contributed by atoms with E-state index in [-0.39, 0.29) is 5.91 Å². The van der Waals surface area contributed by atoms with Crippen LogP contribution in [-0.2, 0) is 11.2 Å². The molecule has 2 aromatic rings. The van der Waals surface area contributed by atoms with Crippen LogP contribution in [0.15, 0.2) is 24.5 Å². The Hall–Kier alpha value is -1.75. The number of unbranched alkanes of at least 4 members (excludes halogenated alkanes) is 2. The Morgan fingerprint density at radius 2 is 2.24 bits per heavy atom. The minimum atomic E-state index is 0.0792. The number of nitrogens with one attached hydrogen (secondary N) is 1. The number of carbonyl (C=O) groups is 1. The zero-order valence-electron chi connectivity index (χ0n) is 12.6. The van der Waals surface area contributed by atoms with Gasteiger partial charge in [0.2, 0.25) is 5.91 Å². The van der Waals surface area contributed by atoms with Gasteiger partial charge in [-0.05, 0) is 25.5 Å². The lowest BCUT2D eigenvalue weighted by atomic mass is 10.2. The fraction of sp³-hybridized carbons (Fsp3) is 0.438. The molecule has 0 aliphatic heterocycles. The zero-order chi connectivity index (χ0) is 15.1. The summed E-state index contributed by atoms with van der Waals surface area (Å²) in [6.07, 6.45) is 7.32. The van der Waals surface area contributed by atoms with E-state index in [1.54, 1.807) is 23.7 Å². The largest absolute Gasteiger partial charge is 0.356 e. The molecule has 21 heavy (non-hydrogen) atoms. The summed E-state index contributed by atoms with van der Waals surface area (Å²) in [6.45, 7) is 4.87. The summed E-state index contributed by atoms with van der Waals surface area (Å²) in [5.74, 6) is 0.0792. The number of thiazole rings is 1. The lowest BCUT2D eigenvalue weighted by molar-refractivity contribution is -0.120. The maximum atomic E-state index is 11.9. The lowest BCUT2D eigenvalue weighted by Gasteiger charge is -2.03. The Balaban J connectivity index is 1.95. The van der Waals surface area contributed by atoms with Crippen LogP contribution in [0.5, 0.6) is 0 Å². The van der Waals surface area contributed by atoms with Crippen molar-refractivity contribution < 1.29 is 4.79 Å². The molecule has 2 heterocycles. The van der Waals surface area contributed by atoms with Gasteiger partial charge in [-0.25, -0.2) is 4.98 Å². The van der Waals surface area contributed by atoms with Crippen molar-refractivity contribution in [3.05, 3.63) is 35.1 Å². The fourth-order valence-corrected chi connectivity index (χ4v) is 3.07. The third kappa shape index (κ3) is 4.63. The van der Waals surface area contributed by atoms with Crippen LogP contribution >= 0.6 is 11.3 Å². The molecule has 4 nitrogen and oxygen atoms in total. The molecular weight excluding hydrogens is 282 g/mol. The highest BCUT2D eigenvalue weighted by molar-refractivity contribution is 7.15. The van der Waals surface area contributed by atoms with Crippen molar-refractivity contribution in [1.29, 1.82) is 0 Å². The van der Waals surface area contributed by atoms with Crippen LogP contribution in [-0.4, -0.2) is 22.4 Å². The van der Waals surface area contributed by atoms with Crippen LogP contribution in [0.2, 0.25) is 0 Å². The number of carbonyl (C=O) groups excluding carboxylic acids is 1. The van der Waals surface area contributed by atoms with Crippen molar-refractivity contribution >= 4 is 17.2 Å². The van der Waals surface area contributed by atoms with Gasteiger partial charge in [-0.15, -0.1) is 11.3 Å². The van der Waals surface area contributed by atoms with E-state index in [4.69, 9.17) is 0 Å². The highest BCUT2D eigenvalue weighted by Crippen LogP contribution is 2.27. The van der Waals surface area contributed by atoms with E-state index in [9.17, 15) is 4.79 Å². The maximum absolute atomic E-state index is 11.9. The molecule has 0 unspecified atom stereocenters. The summed E-state index contributed by atoms with van der Waals surface area (Å²) in [7, 11) is 0. The first kappa shape index (κ1) is 15.6. The number of pyridine rings is 1. The predicted molar refractivity (Wildman–Crippen MR) is 86.3 cm³/mol. The van der Waals surface area contributed by atoms with Crippen LogP contribution in [0.1, 0.15) is 36.8 Å². The van der Waals surface area contributed by atoms with Crippen molar-refractivity contribution in [2.24, 2.45) is 0 Å². The summed E-state index contributed by atoms with van der Waals surface area (Å²) < 4.78 is 0. The van der Waals surface area contributed by atoms with Gasteiger partial charge >= 0.3 is 0 Å². The van der Waals surface area contributed by atoms with E-state index in [0.29, 0.717) is 6.42 Å². The molecule has 1 N–H and O–H groups in total. The number of nitrogens with zero attached hydrogens (tertiary/aromatic N) is 2. The van der Waals surface area contributed by atoms with Gasteiger partial charge in [-0.3, -0.25) is 9.78 Å². The summed E-state index contributed by atoms with van der Waals surface area (Å²) in [5, 5.41) is 3.90. The first-order valence-corrected chi connectivity index (χ1v) is 8.15. The molecule has 0 spiro atoms. The SMILES string of the molecule is CCCCCNC(=O)Cc1sc(-c2cccnc2)nc1C. The number of aryl methyl sites for hydroxylation is 1. The second-order valence-electron chi connectivity index (χ2n) is 5.00. The van der Waals surface area contributed by atoms with Gasteiger partial charge in [0.25, 0.3) is 0 Å². The Morgan fingerprint density at radius 1 is 1.38 bits per heavy atom. The monoisotopic (exact) mass is 303 g/mol. The van der Waals surface area contributed by atoms with Crippen LogP contribution in [0, 0.1) is 6.92 Å². The van der Waals surface area contributed by atoms with Crippen LogP contribution in [0.3, 0.4) is 0 Å². The van der Waals surface area contributed by atoms with Crippen LogP contribution < -0.4 is 5.32 Å².